The number of rotatable bonds is 4. The van der Waals surface area contributed by atoms with Crippen LogP contribution in [0, 0.1) is 0 Å². The number of nitrogens with zero attached hydrogens (tertiary/aromatic N) is 6. The number of aromatic nitrogens is 2. The second kappa shape index (κ2) is 7.29. The van der Waals surface area contributed by atoms with Gasteiger partial charge in [-0.25, -0.2) is 15.0 Å². The number of fused-ring (bicyclic) bond motifs is 1. The molecule has 1 aromatic rings. The standard InChI is InChI=1S/C19H22N6O/c1-2-15-10-16-17(23-19(15)26)9-14(11-21-16)12-24-5-7-25(8-6-24)18-3-4-20-13-22-18/h3-4,9-11,13,16H,2,5-8,12H2,1H3. The molecule has 0 bridgehead atoms. The minimum Gasteiger partial charge on any atom is -0.354 e. The van der Waals surface area contributed by atoms with E-state index in [0.29, 0.717) is 6.42 Å². The SMILES string of the molecule is CCC1=CC2N=CC(CN3CCN(c4ccncn4)CC3)=CC2=NC1=O. The average Bonchev–Trinajstić information content (AvgIpc) is 2.69. The lowest BCUT2D eigenvalue weighted by molar-refractivity contribution is -0.114. The molecule has 4 heterocycles. The largest absolute Gasteiger partial charge is 0.354 e. The molecule has 1 atom stereocenters. The van der Waals surface area contributed by atoms with Gasteiger partial charge in [0.25, 0.3) is 5.91 Å². The van der Waals surface area contributed by atoms with Gasteiger partial charge in [-0.2, -0.15) is 0 Å². The average molecular weight is 350 g/mol. The summed E-state index contributed by atoms with van der Waals surface area (Å²) < 4.78 is 0. The summed E-state index contributed by atoms with van der Waals surface area (Å²) in [4.78, 5) is 33.8. The van der Waals surface area contributed by atoms with Crippen LogP contribution in [0.5, 0.6) is 0 Å². The minimum absolute atomic E-state index is 0.0963. The molecule has 0 N–H and O–H groups in total. The lowest BCUT2D eigenvalue weighted by atomic mass is 9.98. The molecule has 0 spiro atoms. The van der Waals surface area contributed by atoms with Crippen LogP contribution in [0.4, 0.5) is 5.82 Å². The summed E-state index contributed by atoms with van der Waals surface area (Å²) >= 11 is 0. The summed E-state index contributed by atoms with van der Waals surface area (Å²) in [6.07, 6.45) is 9.96. The zero-order chi connectivity index (χ0) is 17.9. The van der Waals surface area contributed by atoms with E-state index in [1.54, 1.807) is 12.5 Å². The molecular formula is C19H22N6O. The van der Waals surface area contributed by atoms with E-state index in [-0.39, 0.29) is 11.9 Å². The van der Waals surface area contributed by atoms with Gasteiger partial charge in [-0.15, -0.1) is 0 Å². The smallest absolute Gasteiger partial charge is 0.272 e. The zero-order valence-corrected chi connectivity index (χ0v) is 14.9. The van der Waals surface area contributed by atoms with Crippen molar-refractivity contribution in [2.75, 3.05) is 37.6 Å². The number of amides is 1. The maximum absolute atomic E-state index is 12.0. The Hall–Kier alpha value is -2.67. The second-order valence-electron chi connectivity index (χ2n) is 6.66. The van der Waals surface area contributed by atoms with Crippen LogP contribution in [0.15, 0.2) is 51.9 Å². The predicted octanol–water partition coefficient (Wildman–Crippen LogP) is 1.30. The highest BCUT2D eigenvalue weighted by Gasteiger charge is 2.25. The molecule has 0 aromatic carbocycles. The van der Waals surface area contributed by atoms with E-state index in [2.05, 4.69) is 29.8 Å². The van der Waals surface area contributed by atoms with Crippen LogP contribution in [0.2, 0.25) is 0 Å². The van der Waals surface area contributed by atoms with Gasteiger partial charge in [0.1, 0.15) is 18.2 Å². The van der Waals surface area contributed by atoms with Crippen molar-refractivity contribution in [1.82, 2.24) is 14.9 Å². The highest BCUT2D eigenvalue weighted by Crippen LogP contribution is 2.19. The van der Waals surface area contributed by atoms with Gasteiger partial charge in [-0.1, -0.05) is 6.92 Å². The van der Waals surface area contributed by atoms with E-state index in [1.165, 1.54) is 0 Å². The summed E-state index contributed by atoms with van der Waals surface area (Å²) in [6, 6.07) is 1.85. The molecule has 7 heteroatoms. The quantitative estimate of drug-likeness (QED) is 0.818. The van der Waals surface area contributed by atoms with E-state index in [9.17, 15) is 4.79 Å². The fourth-order valence-electron chi connectivity index (χ4n) is 3.46. The molecule has 0 aliphatic carbocycles. The van der Waals surface area contributed by atoms with Crippen LogP contribution in [0.3, 0.4) is 0 Å². The Bertz CT molecular complexity index is 803. The number of aliphatic imine (C=N–C) groups is 2. The third-order valence-electron chi connectivity index (χ3n) is 4.95. The third-order valence-corrected chi connectivity index (χ3v) is 4.95. The van der Waals surface area contributed by atoms with Crippen molar-refractivity contribution in [3.63, 3.8) is 0 Å². The van der Waals surface area contributed by atoms with Crippen LogP contribution in [0.1, 0.15) is 13.3 Å². The second-order valence-corrected chi connectivity index (χ2v) is 6.66. The maximum Gasteiger partial charge on any atom is 0.272 e. The molecule has 1 unspecified atom stereocenters. The fraction of sp³-hybridized carbons (Fsp3) is 0.421. The maximum atomic E-state index is 12.0. The van der Waals surface area contributed by atoms with Gasteiger partial charge in [0.2, 0.25) is 0 Å². The van der Waals surface area contributed by atoms with Gasteiger partial charge in [-0.05, 0) is 30.2 Å². The Morgan fingerprint density at radius 1 is 1.23 bits per heavy atom. The predicted molar refractivity (Wildman–Crippen MR) is 102 cm³/mol. The molecule has 26 heavy (non-hydrogen) atoms. The summed E-state index contributed by atoms with van der Waals surface area (Å²) in [6.45, 7) is 6.59. The van der Waals surface area contributed by atoms with Crippen molar-refractivity contribution in [3.05, 3.63) is 41.9 Å². The Labute approximate surface area is 152 Å². The van der Waals surface area contributed by atoms with Gasteiger partial charge in [0.05, 0.1) is 5.71 Å². The monoisotopic (exact) mass is 350 g/mol. The summed E-state index contributed by atoms with van der Waals surface area (Å²) in [5.74, 6) is 0.861. The molecule has 7 nitrogen and oxygen atoms in total. The topological polar surface area (TPSA) is 74.1 Å². The first kappa shape index (κ1) is 16.8. The number of anilines is 1. The summed E-state index contributed by atoms with van der Waals surface area (Å²) in [7, 11) is 0. The molecule has 134 valence electrons. The number of hydrogen-bond acceptors (Lipinski definition) is 6. The lowest BCUT2D eigenvalue weighted by Gasteiger charge is -2.35. The Balaban J connectivity index is 1.36. The first-order valence-electron chi connectivity index (χ1n) is 9.03. The number of dihydropyridines is 2. The minimum atomic E-state index is -0.120. The highest BCUT2D eigenvalue weighted by atomic mass is 16.1. The zero-order valence-electron chi connectivity index (χ0n) is 14.9. The van der Waals surface area contributed by atoms with E-state index in [1.807, 2.05) is 31.4 Å². The molecule has 3 aliphatic rings. The van der Waals surface area contributed by atoms with E-state index in [4.69, 9.17) is 0 Å². The molecule has 0 radical (unpaired) electrons. The normalized spacial score (nSPS) is 23.3. The van der Waals surface area contributed by atoms with Crippen molar-refractivity contribution in [2.24, 2.45) is 9.98 Å². The van der Waals surface area contributed by atoms with Gasteiger partial charge >= 0.3 is 0 Å². The first-order chi connectivity index (χ1) is 12.7. The molecular weight excluding hydrogens is 328 g/mol. The molecule has 4 rings (SSSR count). The van der Waals surface area contributed by atoms with Crippen LogP contribution < -0.4 is 4.90 Å². The third kappa shape index (κ3) is 3.48. The van der Waals surface area contributed by atoms with Gasteiger partial charge in [0.15, 0.2) is 0 Å². The Kier molecular flexibility index (Phi) is 4.71. The van der Waals surface area contributed by atoms with Crippen LogP contribution >= 0.6 is 0 Å². The number of hydrogen-bond donors (Lipinski definition) is 0. The number of carbonyl (C=O) groups is 1. The Morgan fingerprint density at radius 3 is 2.81 bits per heavy atom. The lowest BCUT2D eigenvalue weighted by Crippen LogP contribution is -2.47. The van der Waals surface area contributed by atoms with Crippen molar-refractivity contribution in [2.45, 2.75) is 19.4 Å². The first-order valence-corrected chi connectivity index (χ1v) is 9.03. The molecule has 0 saturated carbocycles. The summed E-state index contributed by atoms with van der Waals surface area (Å²) in [5.41, 5.74) is 2.63. The van der Waals surface area contributed by atoms with Crippen molar-refractivity contribution >= 4 is 23.7 Å². The molecule has 1 saturated heterocycles. The van der Waals surface area contributed by atoms with Crippen LogP contribution in [-0.2, 0) is 4.79 Å². The van der Waals surface area contributed by atoms with Gasteiger partial charge < -0.3 is 4.90 Å². The Morgan fingerprint density at radius 2 is 2.08 bits per heavy atom. The van der Waals surface area contributed by atoms with Crippen LogP contribution in [0.25, 0.3) is 0 Å². The molecule has 1 aromatic heterocycles. The highest BCUT2D eigenvalue weighted by molar-refractivity contribution is 6.16. The van der Waals surface area contributed by atoms with Crippen molar-refractivity contribution in [1.29, 1.82) is 0 Å². The van der Waals surface area contributed by atoms with Crippen LogP contribution in [-0.4, -0.2) is 71.5 Å². The van der Waals surface area contributed by atoms with E-state index < -0.39 is 0 Å². The summed E-state index contributed by atoms with van der Waals surface area (Å²) in [5, 5.41) is 0. The van der Waals surface area contributed by atoms with Crippen molar-refractivity contribution < 1.29 is 4.79 Å². The molecule has 3 aliphatic heterocycles. The number of carbonyl (C=O) groups excluding carboxylic acids is 1. The van der Waals surface area contributed by atoms with Crippen molar-refractivity contribution in [3.8, 4) is 0 Å². The fourth-order valence-corrected chi connectivity index (χ4v) is 3.46. The van der Waals surface area contributed by atoms with Gasteiger partial charge in [0, 0.05) is 50.7 Å². The van der Waals surface area contributed by atoms with E-state index in [0.717, 1.165) is 55.4 Å². The molecule has 1 amide bonds. The van der Waals surface area contributed by atoms with E-state index >= 15 is 0 Å². The molecule has 1 fully saturated rings. The van der Waals surface area contributed by atoms with Gasteiger partial charge in [-0.3, -0.25) is 14.7 Å². The number of piperazine rings is 1.